The minimum atomic E-state index is -1.18. The van der Waals surface area contributed by atoms with Crippen molar-refractivity contribution in [3.8, 4) is 0 Å². The van der Waals surface area contributed by atoms with Crippen LogP contribution in [0.3, 0.4) is 0 Å². The molecule has 14 heavy (non-hydrogen) atoms. The number of aromatic carboxylic acids is 1. The van der Waals surface area contributed by atoms with Crippen molar-refractivity contribution in [2.75, 3.05) is 0 Å². The summed E-state index contributed by atoms with van der Waals surface area (Å²) < 4.78 is 0. The molecule has 0 amide bonds. The van der Waals surface area contributed by atoms with Gasteiger partial charge in [0.25, 0.3) is 0 Å². The van der Waals surface area contributed by atoms with Gasteiger partial charge in [-0.15, -0.1) is 0 Å². The monoisotopic (exact) mass is 205 g/mol. The molecule has 0 fully saturated rings. The number of benzene rings is 2. The van der Waals surface area contributed by atoms with E-state index in [1.54, 1.807) is 30.3 Å². The second-order valence-corrected chi connectivity index (χ2v) is 3.34. The smallest absolute Gasteiger partial charge is 0.0721 e. The summed E-state index contributed by atoms with van der Waals surface area (Å²) in [7, 11) is 0. The van der Waals surface area contributed by atoms with Crippen LogP contribution in [0, 0.1) is 0 Å². The van der Waals surface area contributed by atoms with E-state index in [0.717, 1.165) is 5.39 Å². The van der Waals surface area contributed by atoms with Crippen LogP contribution >= 0.6 is 11.6 Å². The highest BCUT2D eigenvalue weighted by molar-refractivity contribution is 6.35. The number of fused-ring (bicyclic) bond motifs is 1. The Morgan fingerprint density at radius 2 is 1.71 bits per heavy atom. The number of rotatable bonds is 1. The van der Waals surface area contributed by atoms with Gasteiger partial charge in [-0.1, -0.05) is 41.9 Å². The van der Waals surface area contributed by atoms with Crippen LogP contribution in [0.1, 0.15) is 10.4 Å². The lowest BCUT2D eigenvalue weighted by Gasteiger charge is -2.07. The lowest BCUT2D eigenvalue weighted by Crippen LogP contribution is -2.22. The van der Waals surface area contributed by atoms with Gasteiger partial charge >= 0.3 is 0 Å². The number of carboxylic acid groups (broad SMARTS) is 1. The Bertz CT molecular complexity index is 506. The van der Waals surface area contributed by atoms with Crippen LogP contribution in [0.2, 0.25) is 5.02 Å². The molecule has 0 saturated carbocycles. The van der Waals surface area contributed by atoms with Gasteiger partial charge in [-0.05, 0) is 11.5 Å². The van der Waals surface area contributed by atoms with Gasteiger partial charge in [0.1, 0.15) is 0 Å². The molecule has 0 aliphatic heterocycles. The topological polar surface area (TPSA) is 40.1 Å². The summed E-state index contributed by atoms with van der Waals surface area (Å²) in [6.07, 6.45) is 0. The third-order valence-electron chi connectivity index (χ3n) is 2.09. The average Bonchev–Trinajstić information content (AvgIpc) is 2.17. The molecule has 2 nitrogen and oxygen atoms in total. The molecule has 0 bridgehead atoms. The lowest BCUT2D eigenvalue weighted by atomic mass is 10.0. The maximum Gasteiger partial charge on any atom is 0.0721 e. The highest BCUT2D eigenvalue weighted by Gasteiger charge is 2.03. The molecule has 0 heterocycles. The van der Waals surface area contributed by atoms with Crippen LogP contribution in [-0.4, -0.2) is 5.97 Å². The predicted octanol–water partition coefficient (Wildman–Crippen LogP) is 1.86. The summed E-state index contributed by atoms with van der Waals surface area (Å²) in [6.45, 7) is 0. The summed E-state index contributed by atoms with van der Waals surface area (Å²) in [5.74, 6) is -1.18. The maximum absolute atomic E-state index is 10.8. The molecule has 2 aromatic carbocycles. The quantitative estimate of drug-likeness (QED) is 0.713. The van der Waals surface area contributed by atoms with Crippen molar-refractivity contribution >= 4 is 28.3 Å². The third-order valence-corrected chi connectivity index (χ3v) is 2.42. The number of halogens is 1. The van der Waals surface area contributed by atoms with Gasteiger partial charge in [0.05, 0.1) is 5.97 Å². The van der Waals surface area contributed by atoms with E-state index in [2.05, 4.69) is 0 Å². The Balaban J connectivity index is 2.88. The molecule has 0 aliphatic rings. The van der Waals surface area contributed by atoms with Crippen molar-refractivity contribution in [2.45, 2.75) is 0 Å². The molecule has 2 aromatic rings. The fourth-order valence-electron chi connectivity index (χ4n) is 1.45. The molecule has 0 saturated heterocycles. The molecule has 0 aromatic heterocycles. The van der Waals surface area contributed by atoms with Gasteiger partial charge in [0.15, 0.2) is 0 Å². The van der Waals surface area contributed by atoms with Crippen LogP contribution < -0.4 is 5.11 Å². The van der Waals surface area contributed by atoms with E-state index < -0.39 is 5.97 Å². The number of carbonyl (C=O) groups is 1. The Hall–Kier alpha value is -1.54. The fraction of sp³-hybridized carbons (Fsp3) is 0. The third kappa shape index (κ3) is 1.34. The lowest BCUT2D eigenvalue weighted by molar-refractivity contribution is -0.254. The first-order chi connectivity index (χ1) is 6.70. The molecule has 0 radical (unpaired) electrons. The first kappa shape index (κ1) is 9.03. The molecular weight excluding hydrogens is 200 g/mol. The van der Waals surface area contributed by atoms with Gasteiger partial charge in [0, 0.05) is 16.0 Å². The Morgan fingerprint density at radius 3 is 2.43 bits per heavy atom. The summed E-state index contributed by atoms with van der Waals surface area (Å²) in [5, 5.41) is 12.7. The number of carboxylic acids is 1. The maximum atomic E-state index is 10.8. The standard InChI is InChI=1S/C11H7ClO2/c12-10-6-2-3-7-8(10)4-1-5-9(7)11(13)14/h1-6H,(H,13,14)/p-1. The van der Waals surface area contributed by atoms with Crippen molar-refractivity contribution in [1.82, 2.24) is 0 Å². The summed E-state index contributed by atoms with van der Waals surface area (Å²) in [6, 6.07) is 10.1. The van der Waals surface area contributed by atoms with Gasteiger partial charge in [0.2, 0.25) is 0 Å². The van der Waals surface area contributed by atoms with Crippen LogP contribution in [0.15, 0.2) is 36.4 Å². The average molecular weight is 206 g/mol. The Labute approximate surface area is 85.7 Å². The number of hydrogen-bond donors (Lipinski definition) is 0. The summed E-state index contributed by atoms with van der Waals surface area (Å²) in [4.78, 5) is 10.8. The van der Waals surface area contributed by atoms with Crippen LogP contribution in [-0.2, 0) is 0 Å². The summed E-state index contributed by atoms with van der Waals surface area (Å²) in [5.41, 5.74) is 0.171. The molecule has 0 unspecified atom stereocenters. The van der Waals surface area contributed by atoms with Gasteiger partial charge in [-0.25, -0.2) is 0 Å². The van der Waals surface area contributed by atoms with Crippen LogP contribution in [0.25, 0.3) is 10.8 Å². The van der Waals surface area contributed by atoms with E-state index in [9.17, 15) is 9.90 Å². The zero-order chi connectivity index (χ0) is 10.1. The minimum absolute atomic E-state index is 0.171. The zero-order valence-electron chi connectivity index (χ0n) is 7.16. The molecule has 0 atom stereocenters. The molecular formula is C11H6ClO2-. The van der Waals surface area contributed by atoms with Crippen molar-refractivity contribution in [3.05, 3.63) is 47.0 Å². The normalized spacial score (nSPS) is 10.4. The first-order valence-corrected chi connectivity index (χ1v) is 4.46. The number of carbonyl (C=O) groups excluding carboxylic acids is 1. The zero-order valence-corrected chi connectivity index (χ0v) is 7.91. The van der Waals surface area contributed by atoms with E-state index in [4.69, 9.17) is 11.6 Å². The fourth-order valence-corrected chi connectivity index (χ4v) is 1.69. The van der Waals surface area contributed by atoms with Gasteiger partial charge in [-0.3, -0.25) is 0 Å². The second-order valence-electron chi connectivity index (χ2n) is 2.93. The van der Waals surface area contributed by atoms with E-state index in [1.165, 1.54) is 6.07 Å². The minimum Gasteiger partial charge on any atom is -0.545 e. The molecule has 2 rings (SSSR count). The molecule has 0 aliphatic carbocycles. The predicted molar refractivity (Wildman–Crippen MR) is 53.3 cm³/mol. The van der Waals surface area contributed by atoms with Gasteiger partial charge in [-0.2, -0.15) is 0 Å². The van der Waals surface area contributed by atoms with E-state index in [1.807, 2.05) is 0 Å². The number of hydrogen-bond acceptors (Lipinski definition) is 2. The van der Waals surface area contributed by atoms with Crippen molar-refractivity contribution in [3.63, 3.8) is 0 Å². The van der Waals surface area contributed by atoms with Crippen LogP contribution in [0.5, 0.6) is 0 Å². The van der Waals surface area contributed by atoms with Crippen molar-refractivity contribution < 1.29 is 9.90 Å². The highest BCUT2D eigenvalue weighted by atomic mass is 35.5. The van der Waals surface area contributed by atoms with Crippen molar-refractivity contribution in [2.24, 2.45) is 0 Å². The molecule has 0 spiro atoms. The van der Waals surface area contributed by atoms with E-state index >= 15 is 0 Å². The molecule has 3 heteroatoms. The van der Waals surface area contributed by atoms with E-state index in [0.29, 0.717) is 10.4 Å². The van der Waals surface area contributed by atoms with Crippen molar-refractivity contribution in [1.29, 1.82) is 0 Å². The molecule has 0 N–H and O–H groups in total. The Kier molecular flexibility index (Phi) is 2.14. The first-order valence-electron chi connectivity index (χ1n) is 4.09. The SMILES string of the molecule is O=C([O-])c1cccc2c(Cl)cccc12. The van der Waals surface area contributed by atoms with Crippen LogP contribution in [0.4, 0.5) is 0 Å². The van der Waals surface area contributed by atoms with Gasteiger partial charge < -0.3 is 9.90 Å². The largest absolute Gasteiger partial charge is 0.545 e. The highest BCUT2D eigenvalue weighted by Crippen LogP contribution is 2.25. The summed E-state index contributed by atoms with van der Waals surface area (Å²) >= 11 is 5.92. The molecule has 70 valence electrons. The van der Waals surface area contributed by atoms with E-state index in [-0.39, 0.29) is 5.56 Å². The second kappa shape index (κ2) is 3.31. The Morgan fingerprint density at radius 1 is 1.07 bits per heavy atom.